The van der Waals surface area contributed by atoms with Gasteiger partial charge in [0, 0.05) is 24.3 Å². The smallest absolute Gasteiger partial charge is 0.240 e. The van der Waals surface area contributed by atoms with Gasteiger partial charge in [-0.25, -0.2) is 22.5 Å². The number of anilines is 2. The highest BCUT2D eigenvalue weighted by Gasteiger charge is 2.29. The molecule has 0 saturated carbocycles. The molecular weight excluding hydrogens is 522 g/mol. The van der Waals surface area contributed by atoms with Gasteiger partial charge in [0.2, 0.25) is 5.91 Å². The fourth-order valence-corrected chi connectivity index (χ4v) is 4.53. The largest absolute Gasteiger partial charge is 0.340 e. The SMILES string of the molecule is NC(Cc1ccc(F)c(F)c1)C(=O)N1CCn2c(nc(-c3ccc(F)cc3)c2Nc2ccc(Cl)c(F)c2)C1. The van der Waals surface area contributed by atoms with E-state index in [-0.39, 0.29) is 23.9 Å². The number of rotatable bonds is 6. The molecule has 0 radical (unpaired) electrons. The summed E-state index contributed by atoms with van der Waals surface area (Å²) < 4.78 is 56.4. The Kier molecular flexibility index (Phi) is 7.09. The third-order valence-electron chi connectivity index (χ3n) is 6.34. The van der Waals surface area contributed by atoms with Crippen molar-refractivity contribution in [3.05, 3.63) is 100 Å². The van der Waals surface area contributed by atoms with Crippen LogP contribution in [0.2, 0.25) is 5.02 Å². The summed E-state index contributed by atoms with van der Waals surface area (Å²) in [4.78, 5) is 19.4. The second-order valence-electron chi connectivity index (χ2n) is 8.96. The van der Waals surface area contributed by atoms with Crippen molar-refractivity contribution in [2.24, 2.45) is 5.73 Å². The zero-order chi connectivity index (χ0) is 27.0. The monoisotopic (exact) mass is 543 g/mol. The molecule has 0 bridgehead atoms. The number of halogens is 5. The molecule has 5 rings (SSSR count). The Balaban J connectivity index is 1.42. The summed E-state index contributed by atoms with van der Waals surface area (Å²) in [6.45, 7) is 0.793. The van der Waals surface area contributed by atoms with Gasteiger partial charge < -0.3 is 20.5 Å². The van der Waals surface area contributed by atoms with E-state index in [1.54, 1.807) is 23.1 Å². The van der Waals surface area contributed by atoms with Crippen LogP contribution in [0.4, 0.5) is 29.1 Å². The lowest BCUT2D eigenvalue weighted by molar-refractivity contribution is -0.134. The lowest BCUT2D eigenvalue weighted by Crippen LogP contribution is -2.47. The van der Waals surface area contributed by atoms with Crippen molar-refractivity contribution in [1.29, 1.82) is 0 Å². The molecule has 0 saturated heterocycles. The number of carbonyl (C=O) groups is 1. The average molecular weight is 544 g/mol. The van der Waals surface area contributed by atoms with Crippen LogP contribution in [-0.4, -0.2) is 32.9 Å². The van der Waals surface area contributed by atoms with Crippen LogP contribution in [0.5, 0.6) is 0 Å². The normalized spacial score (nSPS) is 13.8. The fourth-order valence-electron chi connectivity index (χ4n) is 4.41. The lowest BCUT2D eigenvalue weighted by atomic mass is 10.0. The Morgan fingerprint density at radius 1 is 0.974 bits per heavy atom. The van der Waals surface area contributed by atoms with Crippen molar-refractivity contribution >= 4 is 29.0 Å². The Morgan fingerprint density at radius 3 is 2.45 bits per heavy atom. The molecular formula is C27H22ClF4N5O. The van der Waals surface area contributed by atoms with Gasteiger partial charge in [0.05, 0.1) is 17.6 Å². The molecule has 1 atom stereocenters. The number of nitrogens with one attached hydrogen (secondary N) is 1. The quantitative estimate of drug-likeness (QED) is 0.319. The summed E-state index contributed by atoms with van der Waals surface area (Å²) in [6.07, 6.45) is 0.0384. The van der Waals surface area contributed by atoms with E-state index < -0.39 is 29.3 Å². The van der Waals surface area contributed by atoms with Crippen molar-refractivity contribution in [1.82, 2.24) is 14.5 Å². The van der Waals surface area contributed by atoms with E-state index in [9.17, 15) is 22.4 Å². The second kappa shape index (κ2) is 10.5. The van der Waals surface area contributed by atoms with E-state index >= 15 is 0 Å². The molecule has 11 heteroatoms. The molecule has 0 spiro atoms. The Hall–Kier alpha value is -3.89. The summed E-state index contributed by atoms with van der Waals surface area (Å²) >= 11 is 5.82. The molecule has 4 aromatic rings. The maximum atomic E-state index is 14.1. The minimum atomic E-state index is -1.00. The van der Waals surface area contributed by atoms with Crippen molar-refractivity contribution in [3.63, 3.8) is 0 Å². The minimum Gasteiger partial charge on any atom is -0.340 e. The molecule has 38 heavy (non-hydrogen) atoms. The van der Waals surface area contributed by atoms with Gasteiger partial charge in [-0.15, -0.1) is 0 Å². The molecule has 3 N–H and O–H groups in total. The molecule has 1 unspecified atom stereocenters. The molecule has 1 aliphatic rings. The number of hydrogen-bond donors (Lipinski definition) is 2. The maximum absolute atomic E-state index is 14.1. The van der Waals surface area contributed by atoms with E-state index in [2.05, 4.69) is 5.32 Å². The first kappa shape index (κ1) is 25.7. The second-order valence-corrected chi connectivity index (χ2v) is 9.36. The maximum Gasteiger partial charge on any atom is 0.240 e. The third-order valence-corrected chi connectivity index (χ3v) is 6.65. The van der Waals surface area contributed by atoms with Crippen LogP contribution in [0.25, 0.3) is 11.3 Å². The Bertz CT molecular complexity index is 1510. The first-order valence-corrected chi connectivity index (χ1v) is 12.1. The molecule has 1 aromatic heterocycles. The number of imidazole rings is 1. The number of nitrogens with two attached hydrogens (primary N) is 1. The summed E-state index contributed by atoms with van der Waals surface area (Å²) in [5.74, 6) is -2.24. The van der Waals surface area contributed by atoms with E-state index in [0.29, 0.717) is 47.2 Å². The number of benzene rings is 3. The average Bonchev–Trinajstić information content (AvgIpc) is 3.25. The predicted octanol–water partition coefficient (Wildman–Crippen LogP) is 5.42. The number of hydrogen-bond acceptors (Lipinski definition) is 4. The third kappa shape index (κ3) is 5.23. The van der Waals surface area contributed by atoms with Crippen LogP contribution in [0, 0.1) is 23.3 Å². The molecule has 1 amide bonds. The Morgan fingerprint density at radius 2 is 1.74 bits per heavy atom. The first-order valence-electron chi connectivity index (χ1n) is 11.8. The topological polar surface area (TPSA) is 76.2 Å². The summed E-state index contributed by atoms with van der Waals surface area (Å²) in [5.41, 5.74) is 8.09. The van der Waals surface area contributed by atoms with Crippen LogP contribution in [0.15, 0.2) is 60.7 Å². The van der Waals surface area contributed by atoms with Crippen LogP contribution in [0.3, 0.4) is 0 Å². The minimum absolute atomic E-state index is 0.0153. The van der Waals surface area contributed by atoms with E-state index in [1.165, 1.54) is 30.3 Å². The number of amides is 1. The standard InChI is InChI=1S/C27H22ClF4N5O/c28-19-7-6-18(13-21(19)31)34-26-25(16-2-4-17(29)5-3-16)35-24-14-36(9-10-37(24)26)27(38)23(33)12-15-1-8-20(30)22(32)11-15/h1-8,11,13,23,34H,9-10,12,14,33H2. The van der Waals surface area contributed by atoms with Gasteiger partial charge in [-0.2, -0.15) is 0 Å². The number of carbonyl (C=O) groups excluding carboxylic acids is 1. The number of aromatic nitrogens is 2. The van der Waals surface area contributed by atoms with Crippen molar-refractivity contribution in [2.75, 3.05) is 11.9 Å². The van der Waals surface area contributed by atoms with E-state index in [1.807, 2.05) is 4.57 Å². The summed E-state index contributed by atoms with van der Waals surface area (Å²) in [5, 5.41) is 3.17. The molecule has 6 nitrogen and oxygen atoms in total. The fraction of sp³-hybridized carbons (Fsp3) is 0.185. The molecule has 1 aliphatic heterocycles. The van der Waals surface area contributed by atoms with Gasteiger partial charge in [0.15, 0.2) is 11.6 Å². The number of fused-ring (bicyclic) bond motifs is 1. The molecule has 3 aromatic carbocycles. The van der Waals surface area contributed by atoms with Gasteiger partial charge in [-0.05, 0) is 66.6 Å². The summed E-state index contributed by atoms with van der Waals surface area (Å²) in [6, 6.07) is 12.5. The Labute approximate surface area is 220 Å². The lowest BCUT2D eigenvalue weighted by Gasteiger charge is -2.30. The van der Waals surface area contributed by atoms with Gasteiger partial charge in [-0.3, -0.25) is 4.79 Å². The molecule has 0 aliphatic carbocycles. The zero-order valence-electron chi connectivity index (χ0n) is 19.9. The van der Waals surface area contributed by atoms with E-state index in [4.69, 9.17) is 22.3 Å². The first-order chi connectivity index (χ1) is 18.2. The van der Waals surface area contributed by atoms with Crippen molar-refractivity contribution < 1.29 is 22.4 Å². The molecule has 0 fully saturated rings. The van der Waals surface area contributed by atoms with Gasteiger partial charge in [0.25, 0.3) is 0 Å². The highest BCUT2D eigenvalue weighted by molar-refractivity contribution is 6.30. The molecule has 196 valence electrons. The van der Waals surface area contributed by atoms with Crippen LogP contribution < -0.4 is 11.1 Å². The van der Waals surface area contributed by atoms with Crippen LogP contribution in [-0.2, 0) is 24.3 Å². The predicted molar refractivity (Wildman–Crippen MR) is 136 cm³/mol. The van der Waals surface area contributed by atoms with E-state index in [0.717, 1.165) is 12.1 Å². The van der Waals surface area contributed by atoms with Gasteiger partial charge in [-0.1, -0.05) is 17.7 Å². The number of nitrogens with zero attached hydrogens (tertiary/aromatic N) is 3. The summed E-state index contributed by atoms with van der Waals surface area (Å²) in [7, 11) is 0. The van der Waals surface area contributed by atoms with Crippen molar-refractivity contribution in [3.8, 4) is 11.3 Å². The van der Waals surface area contributed by atoms with Crippen LogP contribution in [0.1, 0.15) is 11.4 Å². The van der Waals surface area contributed by atoms with Gasteiger partial charge in [0.1, 0.15) is 29.0 Å². The van der Waals surface area contributed by atoms with Crippen molar-refractivity contribution in [2.45, 2.75) is 25.6 Å². The highest BCUT2D eigenvalue weighted by atomic mass is 35.5. The van der Waals surface area contributed by atoms with Crippen LogP contribution >= 0.6 is 11.6 Å². The highest BCUT2D eigenvalue weighted by Crippen LogP contribution is 2.34. The van der Waals surface area contributed by atoms with Gasteiger partial charge >= 0.3 is 0 Å². The molecule has 2 heterocycles. The zero-order valence-corrected chi connectivity index (χ0v) is 20.7.